The van der Waals surface area contributed by atoms with Crippen molar-refractivity contribution in [3.63, 3.8) is 0 Å². The van der Waals surface area contributed by atoms with Crippen LogP contribution in [0.3, 0.4) is 0 Å². The first-order chi connectivity index (χ1) is 5.49. The Bertz CT molecular complexity index is 262. The number of carbonyl (C=O) groups is 3. The highest BCUT2D eigenvalue weighted by Gasteiger charge is 2.18. The highest BCUT2D eigenvalue weighted by molar-refractivity contribution is 6.62. The maximum absolute atomic E-state index is 10.4. The molecule has 2 N–H and O–H groups in total. The molecule has 0 aliphatic heterocycles. The first-order valence-electron chi connectivity index (χ1n) is 2.70. The first kappa shape index (κ1) is 10.0. The van der Waals surface area contributed by atoms with Gasteiger partial charge in [0.25, 0.3) is 5.91 Å². The molecule has 0 aliphatic carbocycles. The monoisotopic (exact) mass is 171 g/mol. The van der Waals surface area contributed by atoms with E-state index in [0.717, 1.165) is 0 Å². The third kappa shape index (κ3) is 2.74. The first-order valence-corrected chi connectivity index (χ1v) is 2.70. The Morgan fingerprint density at radius 3 is 1.83 bits per heavy atom. The number of carboxylic acids is 2. The van der Waals surface area contributed by atoms with E-state index in [1.54, 1.807) is 0 Å². The van der Waals surface area contributed by atoms with Gasteiger partial charge in [-0.2, -0.15) is 4.99 Å². The third-order valence-corrected chi connectivity index (χ3v) is 0.802. The maximum Gasteiger partial charge on any atom is 0.362 e. The van der Waals surface area contributed by atoms with E-state index < -0.39 is 23.6 Å². The maximum atomic E-state index is 10.4. The Morgan fingerprint density at radius 2 is 1.58 bits per heavy atom. The number of amides is 1. The van der Waals surface area contributed by atoms with Crippen molar-refractivity contribution in [1.82, 2.24) is 0 Å². The molecule has 0 unspecified atom stereocenters. The fraction of sp³-hybridized carbons (Fsp3) is 0. The lowest BCUT2D eigenvalue weighted by molar-refractivity contribution is -0.134. The lowest BCUT2D eigenvalue weighted by Crippen LogP contribution is -2.24. The molecule has 0 aromatic carbocycles. The number of hydrogen-bond acceptors (Lipinski definition) is 3. The fourth-order valence-corrected chi connectivity index (χ4v) is 0.343. The van der Waals surface area contributed by atoms with Crippen LogP contribution in [0.25, 0.3) is 0 Å². The van der Waals surface area contributed by atoms with Crippen LogP contribution in [0.5, 0.6) is 0 Å². The predicted molar refractivity (Wildman–Crippen MR) is 37.9 cm³/mol. The number of hydrogen-bond donors (Lipinski definition) is 2. The van der Waals surface area contributed by atoms with E-state index in [1.807, 2.05) is 0 Å². The zero-order valence-electron chi connectivity index (χ0n) is 5.85. The van der Waals surface area contributed by atoms with Crippen molar-refractivity contribution < 1.29 is 24.6 Å². The number of carbonyl (C=O) groups excluding carboxylic acids is 1. The molecule has 0 spiro atoms. The van der Waals surface area contributed by atoms with Gasteiger partial charge in [-0.05, 0) is 6.08 Å². The highest BCUT2D eigenvalue weighted by Crippen LogP contribution is 1.83. The molecule has 0 radical (unpaired) electrons. The van der Waals surface area contributed by atoms with Gasteiger partial charge in [-0.3, -0.25) is 4.79 Å². The van der Waals surface area contributed by atoms with Crippen molar-refractivity contribution in [3.8, 4) is 0 Å². The van der Waals surface area contributed by atoms with Crippen LogP contribution in [-0.2, 0) is 14.4 Å². The Balaban J connectivity index is 4.86. The van der Waals surface area contributed by atoms with Crippen LogP contribution in [0.4, 0.5) is 0 Å². The molecule has 0 atom stereocenters. The molecular weight excluding hydrogens is 166 g/mol. The molecule has 0 aliphatic rings. The number of rotatable bonds is 3. The van der Waals surface area contributed by atoms with E-state index in [2.05, 4.69) is 11.6 Å². The summed E-state index contributed by atoms with van der Waals surface area (Å²) in [5.41, 5.74) is -1.22. The molecule has 0 bridgehead atoms. The number of aliphatic imine (C=N–C) groups is 1. The molecule has 64 valence electrons. The molecule has 0 saturated carbocycles. The molecule has 0 heterocycles. The average molecular weight is 171 g/mol. The van der Waals surface area contributed by atoms with Crippen molar-refractivity contribution >= 4 is 23.6 Å². The van der Waals surface area contributed by atoms with Gasteiger partial charge in [0.15, 0.2) is 0 Å². The van der Waals surface area contributed by atoms with Gasteiger partial charge < -0.3 is 10.2 Å². The van der Waals surface area contributed by atoms with Crippen LogP contribution >= 0.6 is 0 Å². The van der Waals surface area contributed by atoms with Crippen molar-refractivity contribution in [1.29, 1.82) is 0 Å². The Morgan fingerprint density at radius 1 is 1.17 bits per heavy atom. The summed E-state index contributed by atoms with van der Waals surface area (Å²) in [6, 6.07) is 0. The van der Waals surface area contributed by atoms with E-state index in [1.165, 1.54) is 0 Å². The summed E-state index contributed by atoms with van der Waals surface area (Å²) in [5.74, 6) is -4.54. The van der Waals surface area contributed by atoms with Crippen LogP contribution < -0.4 is 0 Å². The van der Waals surface area contributed by atoms with E-state index in [0.29, 0.717) is 6.08 Å². The van der Waals surface area contributed by atoms with Gasteiger partial charge in [0.1, 0.15) is 0 Å². The summed E-state index contributed by atoms with van der Waals surface area (Å²) < 4.78 is 0. The molecule has 1 amide bonds. The van der Waals surface area contributed by atoms with Gasteiger partial charge in [0.2, 0.25) is 5.71 Å². The second-order valence-electron chi connectivity index (χ2n) is 1.61. The van der Waals surface area contributed by atoms with Gasteiger partial charge >= 0.3 is 11.9 Å². The molecular formula is C6H5NO5. The van der Waals surface area contributed by atoms with Crippen LogP contribution in [0.15, 0.2) is 17.6 Å². The van der Waals surface area contributed by atoms with Crippen molar-refractivity contribution in [2.24, 2.45) is 4.99 Å². The molecule has 12 heavy (non-hydrogen) atoms. The second kappa shape index (κ2) is 4.02. The van der Waals surface area contributed by atoms with Crippen molar-refractivity contribution in [3.05, 3.63) is 12.7 Å². The zero-order valence-corrected chi connectivity index (χ0v) is 5.85. The highest BCUT2D eigenvalue weighted by atomic mass is 16.4. The lowest BCUT2D eigenvalue weighted by Gasteiger charge is -1.90. The molecule has 0 aromatic rings. The van der Waals surface area contributed by atoms with E-state index in [-0.39, 0.29) is 0 Å². The van der Waals surface area contributed by atoms with E-state index >= 15 is 0 Å². The van der Waals surface area contributed by atoms with Gasteiger partial charge in [0, 0.05) is 0 Å². The number of nitrogens with zero attached hydrogens (tertiary/aromatic N) is 1. The summed E-state index contributed by atoms with van der Waals surface area (Å²) in [7, 11) is 0. The minimum atomic E-state index is -1.77. The van der Waals surface area contributed by atoms with Gasteiger partial charge in [-0.15, -0.1) is 0 Å². The largest absolute Gasteiger partial charge is 0.476 e. The van der Waals surface area contributed by atoms with Crippen LogP contribution in [0.2, 0.25) is 0 Å². The molecule has 0 aromatic heterocycles. The summed E-state index contributed by atoms with van der Waals surface area (Å²) in [5, 5.41) is 16.4. The standard InChI is InChI=1S/C6H5NO5/c1-2-3(8)7-4(5(9)10)6(11)12/h2H,1H2,(H,9,10)(H,11,12). The smallest absolute Gasteiger partial charge is 0.362 e. The quantitative estimate of drug-likeness (QED) is 0.332. The van der Waals surface area contributed by atoms with Crippen molar-refractivity contribution in [2.75, 3.05) is 0 Å². The van der Waals surface area contributed by atoms with Crippen LogP contribution in [0.1, 0.15) is 0 Å². The fourth-order valence-electron chi connectivity index (χ4n) is 0.343. The summed E-state index contributed by atoms with van der Waals surface area (Å²) in [4.78, 5) is 33.3. The SMILES string of the molecule is C=CC(=O)N=C(C(=O)O)C(=O)O. The molecule has 0 rings (SSSR count). The predicted octanol–water partition coefficient (Wildman–Crippen LogP) is -0.691. The summed E-state index contributed by atoms with van der Waals surface area (Å²) in [6.07, 6.45) is 0.714. The minimum absolute atomic E-state index is 0.714. The molecule has 0 fully saturated rings. The van der Waals surface area contributed by atoms with E-state index in [9.17, 15) is 14.4 Å². The Labute approximate surface area is 66.8 Å². The minimum Gasteiger partial charge on any atom is -0.476 e. The topological polar surface area (TPSA) is 104 Å². The second-order valence-corrected chi connectivity index (χ2v) is 1.61. The molecule has 6 nitrogen and oxygen atoms in total. The lowest BCUT2D eigenvalue weighted by atomic mass is 10.4. The van der Waals surface area contributed by atoms with Gasteiger partial charge in [-0.25, -0.2) is 9.59 Å². The average Bonchev–Trinajstić information content (AvgIpc) is 1.98. The summed E-state index contributed by atoms with van der Waals surface area (Å²) >= 11 is 0. The third-order valence-electron chi connectivity index (χ3n) is 0.802. The van der Waals surface area contributed by atoms with Crippen LogP contribution in [-0.4, -0.2) is 33.8 Å². The Kier molecular flexibility index (Phi) is 3.35. The molecule has 0 saturated heterocycles. The van der Waals surface area contributed by atoms with Crippen LogP contribution in [0, 0.1) is 0 Å². The van der Waals surface area contributed by atoms with Gasteiger partial charge in [-0.1, -0.05) is 6.58 Å². The number of carboxylic acid groups (broad SMARTS) is 2. The van der Waals surface area contributed by atoms with Gasteiger partial charge in [0.05, 0.1) is 0 Å². The normalized spacial score (nSPS) is 8.33. The summed E-state index contributed by atoms with van der Waals surface area (Å²) in [6.45, 7) is 2.99. The van der Waals surface area contributed by atoms with Crippen molar-refractivity contribution in [2.45, 2.75) is 0 Å². The number of aliphatic carboxylic acids is 2. The molecule has 6 heteroatoms. The Hall–Kier alpha value is -1.98. The van der Waals surface area contributed by atoms with E-state index in [4.69, 9.17) is 10.2 Å². The zero-order chi connectivity index (χ0) is 9.72.